The SMILES string of the molecule is O=C(Cc1ccccc1Cl)Nc1c(-c2ccncc2)c(-c2ccc(F)cc2)nn1CCO. The highest BCUT2D eigenvalue weighted by Gasteiger charge is 2.22. The highest BCUT2D eigenvalue weighted by atomic mass is 35.5. The largest absolute Gasteiger partial charge is 0.394 e. The molecule has 1 amide bonds. The number of halogens is 2. The third-order valence-electron chi connectivity index (χ3n) is 4.92. The fraction of sp³-hybridized carbons (Fsp3) is 0.125. The number of aromatic nitrogens is 3. The fourth-order valence-corrected chi connectivity index (χ4v) is 3.64. The van der Waals surface area contributed by atoms with Crippen molar-refractivity contribution in [3.63, 3.8) is 0 Å². The van der Waals surface area contributed by atoms with Gasteiger partial charge in [0.15, 0.2) is 0 Å². The van der Waals surface area contributed by atoms with Gasteiger partial charge in [-0.3, -0.25) is 9.78 Å². The van der Waals surface area contributed by atoms with Crippen LogP contribution in [-0.2, 0) is 17.8 Å². The molecule has 162 valence electrons. The summed E-state index contributed by atoms with van der Waals surface area (Å²) in [5.74, 6) is -0.206. The molecule has 2 aromatic carbocycles. The van der Waals surface area contributed by atoms with Crippen molar-refractivity contribution in [1.82, 2.24) is 14.8 Å². The smallest absolute Gasteiger partial charge is 0.230 e. The summed E-state index contributed by atoms with van der Waals surface area (Å²) in [4.78, 5) is 17.0. The average Bonchev–Trinajstić information content (AvgIpc) is 3.14. The number of aliphatic hydroxyl groups is 1. The third kappa shape index (κ3) is 4.69. The lowest BCUT2D eigenvalue weighted by Crippen LogP contribution is -2.19. The van der Waals surface area contributed by atoms with Gasteiger partial charge in [-0.1, -0.05) is 29.8 Å². The van der Waals surface area contributed by atoms with Crippen LogP contribution in [0.1, 0.15) is 5.56 Å². The van der Waals surface area contributed by atoms with Crippen LogP contribution in [0.25, 0.3) is 22.4 Å². The summed E-state index contributed by atoms with van der Waals surface area (Å²) < 4.78 is 15.0. The Balaban J connectivity index is 1.80. The van der Waals surface area contributed by atoms with E-state index in [1.807, 2.05) is 6.07 Å². The normalized spacial score (nSPS) is 10.8. The number of aliphatic hydroxyl groups excluding tert-OH is 1. The predicted octanol–water partition coefficient (Wildman–Crippen LogP) is 4.58. The second-order valence-electron chi connectivity index (χ2n) is 7.08. The molecule has 0 aliphatic rings. The molecule has 0 fully saturated rings. The molecule has 0 unspecified atom stereocenters. The van der Waals surface area contributed by atoms with E-state index >= 15 is 0 Å². The van der Waals surface area contributed by atoms with Crippen LogP contribution in [-0.4, -0.2) is 32.4 Å². The second kappa shape index (κ2) is 9.72. The molecule has 0 spiro atoms. The number of nitrogens with zero attached hydrogens (tertiary/aromatic N) is 3. The van der Waals surface area contributed by atoms with E-state index < -0.39 is 0 Å². The van der Waals surface area contributed by atoms with Crippen molar-refractivity contribution in [2.45, 2.75) is 13.0 Å². The van der Waals surface area contributed by atoms with Crippen LogP contribution in [0.2, 0.25) is 5.02 Å². The first-order chi connectivity index (χ1) is 15.6. The maximum Gasteiger partial charge on any atom is 0.230 e. The standard InChI is InChI=1S/C24H20ClFN4O2/c25-20-4-2-1-3-18(20)15-21(32)28-24-22(16-9-11-27-12-10-16)23(29-30(24)13-14-31)17-5-7-19(26)8-6-17/h1-12,31H,13-15H2,(H,28,32). The van der Waals surface area contributed by atoms with Gasteiger partial charge in [-0.05, 0) is 53.6 Å². The van der Waals surface area contributed by atoms with Crippen molar-refractivity contribution < 1.29 is 14.3 Å². The van der Waals surface area contributed by atoms with E-state index in [1.165, 1.54) is 12.1 Å². The Bertz CT molecular complexity index is 1230. The molecule has 0 saturated carbocycles. The number of rotatable bonds is 7. The van der Waals surface area contributed by atoms with Gasteiger partial charge in [-0.25, -0.2) is 9.07 Å². The number of carbonyl (C=O) groups is 1. The molecule has 0 saturated heterocycles. The van der Waals surface area contributed by atoms with Gasteiger partial charge >= 0.3 is 0 Å². The zero-order valence-corrected chi connectivity index (χ0v) is 17.8. The van der Waals surface area contributed by atoms with E-state index in [0.717, 1.165) is 5.56 Å². The van der Waals surface area contributed by atoms with Crippen LogP contribution in [0.5, 0.6) is 0 Å². The van der Waals surface area contributed by atoms with Crippen molar-refractivity contribution in [3.8, 4) is 22.4 Å². The number of hydrogen-bond acceptors (Lipinski definition) is 4. The molecule has 0 aliphatic carbocycles. The van der Waals surface area contributed by atoms with Crippen LogP contribution < -0.4 is 5.32 Å². The monoisotopic (exact) mass is 450 g/mol. The third-order valence-corrected chi connectivity index (χ3v) is 5.29. The van der Waals surface area contributed by atoms with Gasteiger partial charge in [-0.15, -0.1) is 0 Å². The molecule has 2 aromatic heterocycles. The number of benzene rings is 2. The number of pyridine rings is 1. The number of carbonyl (C=O) groups excluding carboxylic acids is 1. The highest BCUT2D eigenvalue weighted by molar-refractivity contribution is 6.31. The van der Waals surface area contributed by atoms with Crippen molar-refractivity contribution in [2.75, 3.05) is 11.9 Å². The van der Waals surface area contributed by atoms with Gasteiger partial charge in [0, 0.05) is 23.0 Å². The Morgan fingerprint density at radius 3 is 2.44 bits per heavy atom. The van der Waals surface area contributed by atoms with Crippen LogP contribution in [0.15, 0.2) is 73.1 Å². The Morgan fingerprint density at radius 1 is 1.03 bits per heavy atom. The van der Waals surface area contributed by atoms with E-state index in [2.05, 4.69) is 15.4 Å². The lowest BCUT2D eigenvalue weighted by atomic mass is 10.0. The van der Waals surface area contributed by atoms with Gasteiger partial charge in [0.1, 0.15) is 17.3 Å². The van der Waals surface area contributed by atoms with Crippen LogP contribution in [0.4, 0.5) is 10.2 Å². The second-order valence-corrected chi connectivity index (χ2v) is 7.49. The minimum Gasteiger partial charge on any atom is -0.394 e. The maximum atomic E-state index is 13.5. The fourth-order valence-electron chi connectivity index (χ4n) is 3.44. The molecule has 0 aliphatic heterocycles. The summed E-state index contributed by atoms with van der Waals surface area (Å²) in [6, 6.07) is 16.7. The van der Waals surface area contributed by atoms with E-state index in [1.54, 1.807) is 59.5 Å². The van der Waals surface area contributed by atoms with E-state index in [4.69, 9.17) is 11.6 Å². The van der Waals surface area contributed by atoms with Gasteiger partial charge in [0.05, 0.1) is 25.1 Å². The Morgan fingerprint density at radius 2 is 1.75 bits per heavy atom. The van der Waals surface area contributed by atoms with E-state index in [-0.39, 0.29) is 31.3 Å². The van der Waals surface area contributed by atoms with Crippen LogP contribution >= 0.6 is 11.6 Å². The first-order valence-electron chi connectivity index (χ1n) is 9.98. The summed E-state index contributed by atoms with van der Waals surface area (Å²) in [6.45, 7) is -0.00527. The molecular weight excluding hydrogens is 431 g/mol. The summed E-state index contributed by atoms with van der Waals surface area (Å²) >= 11 is 6.21. The minimum absolute atomic E-state index is 0.0750. The summed E-state index contributed by atoms with van der Waals surface area (Å²) in [5.41, 5.74) is 3.36. The number of amides is 1. The Kier molecular flexibility index (Phi) is 6.58. The topological polar surface area (TPSA) is 80.0 Å². The Labute approximate surface area is 189 Å². The lowest BCUT2D eigenvalue weighted by molar-refractivity contribution is -0.115. The molecule has 6 nitrogen and oxygen atoms in total. The van der Waals surface area contributed by atoms with Crippen molar-refractivity contribution in [3.05, 3.63) is 89.5 Å². The molecule has 0 atom stereocenters. The zero-order chi connectivity index (χ0) is 22.5. The van der Waals surface area contributed by atoms with Crippen molar-refractivity contribution >= 4 is 23.3 Å². The molecule has 32 heavy (non-hydrogen) atoms. The highest BCUT2D eigenvalue weighted by Crippen LogP contribution is 2.38. The molecule has 4 aromatic rings. The minimum atomic E-state index is -0.359. The van der Waals surface area contributed by atoms with Gasteiger partial charge in [0.25, 0.3) is 0 Å². The molecule has 2 heterocycles. The zero-order valence-electron chi connectivity index (χ0n) is 17.0. The molecular formula is C24H20ClFN4O2. The maximum absolute atomic E-state index is 13.5. The average molecular weight is 451 g/mol. The molecule has 0 radical (unpaired) electrons. The van der Waals surface area contributed by atoms with E-state index in [0.29, 0.717) is 33.2 Å². The lowest BCUT2D eigenvalue weighted by Gasteiger charge is -2.12. The number of nitrogens with one attached hydrogen (secondary N) is 1. The van der Waals surface area contributed by atoms with Gasteiger partial charge < -0.3 is 10.4 Å². The first kappa shape index (κ1) is 21.7. The predicted molar refractivity (Wildman–Crippen MR) is 122 cm³/mol. The van der Waals surface area contributed by atoms with Crippen molar-refractivity contribution in [2.24, 2.45) is 0 Å². The van der Waals surface area contributed by atoms with E-state index in [9.17, 15) is 14.3 Å². The molecule has 0 bridgehead atoms. The van der Waals surface area contributed by atoms with Crippen LogP contribution in [0, 0.1) is 5.82 Å². The molecule has 8 heteroatoms. The Hall–Kier alpha value is -3.55. The molecule has 4 rings (SSSR count). The summed E-state index contributed by atoms with van der Waals surface area (Å²) in [5, 5.41) is 17.6. The summed E-state index contributed by atoms with van der Waals surface area (Å²) in [6.07, 6.45) is 3.36. The number of anilines is 1. The quantitative estimate of drug-likeness (QED) is 0.432. The van der Waals surface area contributed by atoms with Crippen molar-refractivity contribution in [1.29, 1.82) is 0 Å². The molecule has 2 N–H and O–H groups in total. The number of hydrogen-bond donors (Lipinski definition) is 2. The van der Waals surface area contributed by atoms with Gasteiger partial charge in [-0.2, -0.15) is 5.10 Å². The first-order valence-corrected chi connectivity index (χ1v) is 10.4. The van der Waals surface area contributed by atoms with Crippen LogP contribution in [0.3, 0.4) is 0 Å². The summed E-state index contributed by atoms with van der Waals surface area (Å²) in [7, 11) is 0. The van der Waals surface area contributed by atoms with Gasteiger partial charge in [0.2, 0.25) is 5.91 Å².